The van der Waals surface area contributed by atoms with Gasteiger partial charge in [0.1, 0.15) is 5.82 Å². The molecule has 1 fully saturated rings. The van der Waals surface area contributed by atoms with Gasteiger partial charge in [-0.3, -0.25) is 9.88 Å². The summed E-state index contributed by atoms with van der Waals surface area (Å²) in [5.41, 5.74) is 4.36. The molecule has 4 rings (SSSR count). The fourth-order valence-electron chi connectivity index (χ4n) is 3.95. The average Bonchev–Trinajstić information content (AvgIpc) is 3.24. The summed E-state index contributed by atoms with van der Waals surface area (Å²) >= 11 is 1.77. The third-order valence-corrected chi connectivity index (χ3v) is 5.96. The van der Waals surface area contributed by atoms with Crippen molar-refractivity contribution in [3.05, 3.63) is 80.8 Å². The molecule has 3 nitrogen and oxygen atoms in total. The summed E-state index contributed by atoms with van der Waals surface area (Å²) in [6, 6.07) is 11.5. The van der Waals surface area contributed by atoms with Crippen LogP contribution in [0, 0.1) is 19.7 Å². The first-order chi connectivity index (χ1) is 13.1. The molecule has 0 radical (unpaired) electrons. The largest absolute Gasteiger partial charge is 0.290 e. The Labute approximate surface area is 163 Å². The van der Waals surface area contributed by atoms with Gasteiger partial charge in [-0.25, -0.2) is 9.37 Å². The molecule has 0 unspecified atom stereocenters. The molecule has 1 aromatic carbocycles. The molecule has 3 heterocycles. The number of likely N-dealkylation sites (tertiary alicyclic amines) is 1. The normalized spacial score (nSPS) is 17.5. The van der Waals surface area contributed by atoms with Crippen LogP contribution in [0.1, 0.15) is 51.3 Å². The van der Waals surface area contributed by atoms with E-state index >= 15 is 0 Å². The minimum atomic E-state index is -0.180. The number of hydrogen-bond donors (Lipinski definition) is 0. The second kappa shape index (κ2) is 7.87. The summed E-state index contributed by atoms with van der Waals surface area (Å²) < 4.78 is 13.5. The first kappa shape index (κ1) is 18.3. The van der Waals surface area contributed by atoms with E-state index in [-0.39, 0.29) is 5.82 Å². The van der Waals surface area contributed by atoms with Gasteiger partial charge in [-0.05, 0) is 75.0 Å². The van der Waals surface area contributed by atoms with E-state index in [1.807, 2.05) is 19.2 Å². The van der Waals surface area contributed by atoms with Crippen LogP contribution in [-0.4, -0.2) is 21.4 Å². The van der Waals surface area contributed by atoms with Gasteiger partial charge in [0.05, 0.1) is 16.7 Å². The van der Waals surface area contributed by atoms with Gasteiger partial charge in [0.25, 0.3) is 0 Å². The number of pyridine rings is 1. The van der Waals surface area contributed by atoms with E-state index in [1.54, 1.807) is 23.5 Å². The van der Waals surface area contributed by atoms with Crippen molar-refractivity contribution in [2.45, 2.75) is 45.7 Å². The van der Waals surface area contributed by atoms with Crippen LogP contribution in [0.15, 0.2) is 42.6 Å². The molecule has 0 spiro atoms. The highest BCUT2D eigenvalue weighted by atomic mass is 32.1. The number of rotatable bonds is 5. The van der Waals surface area contributed by atoms with E-state index in [2.05, 4.69) is 28.9 Å². The van der Waals surface area contributed by atoms with E-state index in [4.69, 9.17) is 4.98 Å². The Morgan fingerprint density at radius 1 is 1.19 bits per heavy atom. The predicted molar refractivity (Wildman–Crippen MR) is 107 cm³/mol. The summed E-state index contributed by atoms with van der Waals surface area (Å²) in [4.78, 5) is 13.1. The van der Waals surface area contributed by atoms with E-state index in [0.717, 1.165) is 47.9 Å². The van der Waals surface area contributed by atoms with Crippen LogP contribution in [0.3, 0.4) is 0 Å². The molecule has 0 aliphatic carbocycles. The third-order valence-electron chi connectivity index (χ3n) is 5.06. The molecule has 140 valence electrons. The fourth-order valence-corrected chi connectivity index (χ4v) is 4.77. The Morgan fingerprint density at radius 2 is 2.07 bits per heavy atom. The molecule has 5 heteroatoms. The Hall–Kier alpha value is -2.11. The third kappa shape index (κ3) is 4.42. The molecule has 0 bridgehead atoms. The van der Waals surface area contributed by atoms with Gasteiger partial charge in [-0.2, -0.15) is 0 Å². The Kier molecular flexibility index (Phi) is 5.32. The van der Waals surface area contributed by atoms with Gasteiger partial charge in [-0.1, -0.05) is 12.1 Å². The minimum absolute atomic E-state index is 0.180. The molecule has 0 saturated carbocycles. The maximum absolute atomic E-state index is 13.5. The van der Waals surface area contributed by atoms with Gasteiger partial charge in [-0.15, -0.1) is 11.3 Å². The van der Waals surface area contributed by atoms with E-state index in [1.165, 1.54) is 22.9 Å². The molecule has 1 saturated heterocycles. The predicted octanol–water partition coefficient (Wildman–Crippen LogP) is 5.22. The second-order valence-electron chi connectivity index (χ2n) is 7.32. The number of halogens is 1. The molecule has 1 aliphatic heterocycles. The number of hydrogen-bond acceptors (Lipinski definition) is 4. The van der Waals surface area contributed by atoms with Crippen molar-refractivity contribution in [2.75, 3.05) is 6.54 Å². The second-order valence-corrected chi connectivity index (χ2v) is 8.64. The van der Waals surface area contributed by atoms with Gasteiger partial charge in [0.2, 0.25) is 0 Å². The summed E-state index contributed by atoms with van der Waals surface area (Å²) in [5.74, 6) is -0.180. The number of thiazole rings is 1. The lowest BCUT2D eigenvalue weighted by Gasteiger charge is -2.24. The quantitative estimate of drug-likeness (QED) is 0.606. The number of nitrogens with zero attached hydrogens (tertiary/aromatic N) is 3. The van der Waals surface area contributed by atoms with Crippen LogP contribution < -0.4 is 0 Å². The first-order valence-electron chi connectivity index (χ1n) is 9.44. The summed E-state index contributed by atoms with van der Waals surface area (Å²) in [5, 5.41) is 1.12. The molecule has 0 amide bonds. The number of aryl methyl sites for hydroxylation is 2. The zero-order valence-electron chi connectivity index (χ0n) is 15.8. The molecular weight excluding hydrogens is 357 g/mol. The zero-order valence-corrected chi connectivity index (χ0v) is 16.6. The lowest BCUT2D eigenvalue weighted by Crippen LogP contribution is -2.23. The van der Waals surface area contributed by atoms with Gasteiger partial charge >= 0.3 is 0 Å². The highest BCUT2D eigenvalue weighted by Gasteiger charge is 2.28. The molecule has 27 heavy (non-hydrogen) atoms. The SMILES string of the molecule is Cc1cc(Cc2cccc(F)c2)cc([C@H]2CCCN2Cc2cnc(C)s2)n1. The lowest BCUT2D eigenvalue weighted by molar-refractivity contribution is 0.246. The van der Waals surface area contributed by atoms with Crippen LogP contribution in [0.2, 0.25) is 0 Å². The van der Waals surface area contributed by atoms with Crippen molar-refractivity contribution in [1.82, 2.24) is 14.9 Å². The average molecular weight is 382 g/mol. The molecular formula is C22H24FN3S. The molecule has 2 aromatic heterocycles. The van der Waals surface area contributed by atoms with Crippen molar-refractivity contribution in [1.29, 1.82) is 0 Å². The fraction of sp³-hybridized carbons (Fsp3) is 0.364. The van der Waals surface area contributed by atoms with Gasteiger partial charge in [0.15, 0.2) is 0 Å². The molecule has 1 atom stereocenters. The standard InChI is InChI=1S/C22H24FN3S/c1-15-9-18(10-17-5-3-6-19(23)11-17)12-21(25-15)22-7-4-8-26(22)14-20-13-24-16(2)27-20/h3,5-6,9,11-13,22H,4,7-8,10,14H2,1-2H3/t22-/m1/s1. The van der Waals surface area contributed by atoms with E-state index in [9.17, 15) is 4.39 Å². The topological polar surface area (TPSA) is 29.0 Å². The van der Waals surface area contributed by atoms with Crippen LogP contribution in [0.25, 0.3) is 0 Å². The van der Waals surface area contributed by atoms with Crippen molar-refractivity contribution in [3.8, 4) is 0 Å². The smallest absolute Gasteiger partial charge is 0.123 e. The maximum Gasteiger partial charge on any atom is 0.123 e. The van der Waals surface area contributed by atoms with Crippen LogP contribution in [0.4, 0.5) is 4.39 Å². The molecule has 3 aromatic rings. The Morgan fingerprint density at radius 3 is 2.85 bits per heavy atom. The van der Waals surface area contributed by atoms with Gasteiger partial charge < -0.3 is 0 Å². The van der Waals surface area contributed by atoms with Crippen LogP contribution in [0.5, 0.6) is 0 Å². The molecule has 0 N–H and O–H groups in total. The van der Waals surface area contributed by atoms with Crippen LogP contribution >= 0.6 is 11.3 Å². The lowest BCUT2D eigenvalue weighted by atomic mass is 10.0. The first-order valence-corrected chi connectivity index (χ1v) is 10.3. The highest BCUT2D eigenvalue weighted by molar-refractivity contribution is 7.11. The highest BCUT2D eigenvalue weighted by Crippen LogP contribution is 2.33. The van der Waals surface area contributed by atoms with Crippen molar-refractivity contribution in [3.63, 3.8) is 0 Å². The van der Waals surface area contributed by atoms with Gasteiger partial charge in [0, 0.05) is 23.3 Å². The zero-order chi connectivity index (χ0) is 18.8. The van der Waals surface area contributed by atoms with E-state index < -0.39 is 0 Å². The molecule has 1 aliphatic rings. The number of benzene rings is 1. The maximum atomic E-state index is 13.5. The van der Waals surface area contributed by atoms with Crippen LogP contribution in [-0.2, 0) is 13.0 Å². The summed E-state index contributed by atoms with van der Waals surface area (Å²) in [7, 11) is 0. The van der Waals surface area contributed by atoms with Crippen molar-refractivity contribution in [2.24, 2.45) is 0 Å². The van der Waals surface area contributed by atoms with Crippen molar-refractivity contribution >= 4 is 11.3 Å². The van der Waals surface area contributed by atoms with E-state index in [0.29, 0.717) is 6.04 Å². The Balaban J connectivity index is 1.56. The minimum Gasteiger partial charge on any atom is -0.290 e. The monoisotopic (exact) mass is 381 g/mol. The summed E-state index contributed by atoms with van der Waals surface area (Å²) in [6.45, 7) is 6.13. The Bertz CT molecular complexity index is 937. The number of aromatic nitrogens is 2. The van der Waals surface area contributed by atoms with Crippen molar-refractivity contribution < 1.29 is 4.39 Å². The summed E-state index contributed by atoms with van der Waals surface area (Å²) in [6.07, 6.45) is 5.05.